The second kappa shape index (κ2) is 5.01. The molecular weight excluding hydrogens is 216 g/mol. The molecule has 4 heteroatoms. The number of aliphatic hydroxyl groups excluding tert-OH is 1. The van der Waals surface area contributed by atoms with E-state index in [1.54, 1.807) is 13.3 Å². The largest absolute Gasteiger partial charge is 0.496 e. The summed E-state index contributed by atoms with van der Waals surface area (Å²) in [4.78, 5) is 7.40. The van der Waals surface area contributed by atoms with E-state index in [9.17, 15) is 0 Å². The zero-order valence-electron chi connectivity index (χ0n) is 10.0. The summed E-state index contributed by atoms with van der Waals surface area (Å²) in [6.07, 6.45) is 2.30. The van der Waals surface area contributed by atoms with Crippen LogP contribution in [0, 0.1) is 6.92 Å². The Morgan fingerprint density at radius 1 is 1.41 bits per heavy atom. The highest BCUT2D eigenvalue weighted by Gasteiger charge is 2.09. The molecule has 0 saturated carbocycles. The Morgan fingerprint density at radius 2 is 2.24 bits per heavy atom. The molecule has 90 valence electrons. The van der Waals surface area contributed by atoms with Crippen LogP contribution in [0.1, 0.15) is 11.4 Å². The average Bonchev–Trinajstić information content (AvgIpc) is 2.78. The van der Waals surface area contributed by atoms with E-state index in [0.29, 0.717) is 6.42 Å². The van der Waals surface area contributed by atoms with Crippen LogP contribution in [0.15, 0.2) is 24.4 Å². The van der Waals surface area contributed by atoms with Crippen LogP contribution in [-0.2, 0) is 6.42 Å². The summed E-state index contributed by atoms with van der Waals surface area (Å²) in [6.45, 7) is 2.13. The fraction of sp³-hybridized carbons (Fsp3) is 0.308. The molecule has 1 aromatic carbocycles. The van der Waals surface area contributed by atoms with E-state index in [0.717, 1.165) is 22.8 Å². The zero-order chi connectivity index (χ0) is 12.3. The normalized spacial score (nSPS) is 10.5. The molecule has 0 unspecified atom stereocenters. The summed E-state index contributed by atoms with van der Waals surface area (Å²) in [5.74, 6) is 1.60. The van der Waals surface area contributed by atoms with E-state index in [-0.39, 0.29) is 6.61 Å². The third-order valence-corrected chi connectivity index (χ3v) is 2.62. The van der Waals surface area contributed by atoms with Gasteiger partial charge in [-0.15, -0.1) is 0 Å². The molecule has 4 nitrogen and oxygen atoms in total. The van der Waals surface area contributed by atoms with Crippen molar-refractivity contribution in [2.45, 2.75) is 13.3 Å². The van der Waals surface area contributed by atoms with Gasteiger partial charge in [0.25, 0.3) is 0 Å². The fourth-order valence-corrected chi connectivity index (χ4v) is 1.76. The first kappa shape index (κ1) is 11.7. The second-order valence-electron chi connectivity index (χ2n) is 3.92. The minimum Gasteiger partial charge on any atom is -0.496 e. The van der Waals surface area contributed by atoms with Gasteiger partial charge < -0.3 is 14.8 Å². The Bertz CT molecular complexity index is 506. The van der Waals surface area contributed by atoms with E-state index in [4.69, 9.17) is 9.84 Å². The Labute approximate surface area is 100 Å². The lowest BCUT2D eigenvalue weighted by Gasteiger charge is -2.07. The van der Waals surface area contributed by atoms with Crippen molar-refractivity contribution >= 4 is 0 Å². The van der Waals surface area contributed by atoms with E-state index in [1.165, 1.54) is 5.56 Å². The number of aromatic amines is 1. The first-order valence-corrected chi connectivity index (χ1v) is 5.54. The number of imidazole rings is 1. The molecule has 0 aliphatic carbocycles. The third-order valence-electron chi connectivity index (χ3n) is 2.62. The molecule has 0 fully saturated rings. The molecule has 1 aromatic heterocycles. The number of benzene rings is 1. The fourth-order valence-electron chi connectivity index (χ4n) is 1.76. The smallest absolute Gasteiger partial charge is 0.128 e. The Hall–Kier alpha value is -1.81. The highest BCUT2D eigenvalue weighted by molar-refractivity contribution is 5.67. The van der Waals surface area contributed by atoms with Crippen LogP contribution in [0.5, 0.6) is 5.75 Å². The van der Waals surface area contributed by atoms with Crippen LogP contribution in [0.3, 0.4) is 0 Å². The van der Waals surface area contributed by atoms with Gasteiger partial charge in [-0.25, -0.2) is 4.98 Å². The van der Waals surface area contributed by atoms with E-state index in [2.05, 4.69) is 16.0 Å². The van der Waals surface area contributed by atoms with Gasteiger partial charge in [0.05, 0.1) is 25.6 Å². The summed E-state index contributed by atoms with van der Waals surface area (Å²) in [5.41, 5.74) is 3.07. The lowest BCUT2D eigenvalue weighted by molar-refractivity contribution is 0.297. The summed E-state index contributed by atoms with van der Waals surface area (Å²) in [6, 6.07) is 6.00. The van der Waals surface area contributed by atoms with Gasteiger partial charge in [0.2, 0.25) is 0 Å². The maximum absolute atomic E-state index is 8.86. The Balaban J connectivity index is 2.40. The molecule has 0 atom stereocenters. The molecule has 0 amide bonds. The molecule has 0 bridgehead atoms. The molecule has 0 radical (unpaired) electrons. The number of aromatic nitrogens is 2. The minimum atomic E-state index is 0.0951. The highest BCUT2D eigenvalue weighted by Crippen LogP contribution is 2.29. The van der Waals surface area contributed by atoms with Gasteiger partial charge in [-0.1, -0.05) is 11.6 Å². The van der Waals surface area contributed by atoms with E-state index < -0.39 is 0 Å². The van der Waals surface area contributed by atoms with Gasteiger partial charge in [0.1, 0.15) is 11.6 Å². The SMILES string of the molecule is COc1ccc(C)cc1-c1cnc(CCO)[nH]1. The third kappa shape index (κ3) is 2.47. The van der Waals surface area contributed by atoms with Crippen molar-refractivity contribution in [3.63, 3.8) is 0 Å². The van der Waals surface area contributed by atoms with Crippen molar-refractivity contribution in [1.29, 1.82) is 0 Å². The van der Waals surface area contributed by atoms with Crippen molar-refractivity contribution in [2.24, 2.45) is 0 Å². The number of aryl methyl sites for hydroxylation is 1. The summed E-state index contributed by atoms with van der Waals surface area (Å²) < 4.78 is 5.33. The number of methoxy groups -OCH3 is 1. The number of hydrogen-bond donors (Lipinski definition) is 2. The molecule has 0 aliphatic heterocycles. The van der Waals surface area contributed by atoms with Gasteiger partial charge in [-0.3, -0.25) is 0 Å². The van der Waals surface area contributed by atoms with Crippen molar-refractivity contribution < 1.29 is 9.84 Å². The van der Waals surface area contributed by atoms with Gasteiger partial charge in [-0.2, -0.15) is 0 Å². The molecule has 0 spiro atoms. The highest BCUT2D eigenvalue weighted by atomic mass is 16.5. The molecule has 1 heterocycles. The first-order chi connectivity index (χ1) is 8.24. The second-order valence-corrected chi connectivity index (χ2v) is 3.92. The van der Waals surface area contributed by atoms with Crippen LogP contribution < -0.4 is 4.74 Å². The molecule has 0 saturated heterocycles. The topological polar surface area (TPSA) is 58.1 Å². The van der Waals surface area contributed by atoms with Gasteiger partial charge in [0.15, 0.2) is 0 Å². The van der Waals surface area contributed by atoms with Crippen LogP contribution in [0.25, 0.3) is 11.3 Å². The molecule has 17 heavy (non-hydrogen) atoms. The maximum atomic E-state index is 8.86. The van der Waals surface area contributed by atoms with E-state index in [1.807, 2.05) is 19.1 Å². The monoisotopic (exact) mass is 232 g/mol. The quantitative estimate of drug-likeness (QED) is 0.846. The van der Waals surface area contributed by atoms with Crippen molar-refractivity contribution in [2.75, 3.05) is 13.7 Å². The predicted molar refractivity (Wildman–Crippen MR) is 66.1 cm³/mol. The molecular formula is C13H16N2O2. The lowest BCUT2D eigenvalue weighted by atomic mass is 10.1. The lowest BCUT2D eigenvalue weighted by Crippen LogP contribution is -1.93. The molecule has 2 N–H and O–H groups in total. The first-order valence-electron chi connectivity index (χ1n) is 5.54. The summed E-state index contributed by atoms with van der Waals surface area (Å²) >= 11 is 0. The zero-order valence-corrected chi connectivity index (χ0v) is 10.0. The van der Waals surface area contributed by atoms with Crippen LogP contribution in [-0.4, -0.2) is 28.8 Å². The van der Waals surface area contributed by atoms with Crippen LogP contribution >= 0.6 is 0 Å². The van der Waals surface area contributed by atoms with E-state index >= 15 is 0 Å². The number of H-pyrrole nitrogens is 1. The molecule has 0 aliphatic rings. The van der Waals surface area contributed by atoms with Crippen LogP contribution in [0.4, 0.5) is 0 Å². The van der Waals surface area contributed by atoms with Crippen molar-refractivity contribution in [3.05, 3.63) is 35.8 Å². The number of ether oxygens (including phenoxy) is 1. The number of nitrogens with zero attached hydrogens (tertiary/aromatic N) is 1. The number of aliphatic hydroxyl groups is 1. The number of hydrogen-bond acceptors (Lipinski definition) is 3. The maximum Gasteiger partial charge on any atom is 0.128 e. The minimum absolute atomic E-state index is 0.0951. The average molecular weight is 232 g/mol. The predicted octanol–water partition coefficient (Wildman–Crippen LogP) is 1.93. The van der Waals surface area contributed by atoms with Gasteiger partial charge in [-0.05, 0) is 19.1 Å². The van der Waals surface area contributed by atoms with Gasteiger partial charge in [0, 0.05) is 12.0 Å². The van der Waals surface area contributed by atoms with Crippen molar-refractivity contribution in [3.8, 4) is 17.0 Å². The number of rotatable bonds is 4. The standard InChI is InChI=1S/C13H16N2O2/c1-9-3-4-12(17-2)10(7-9)11-8-14-13(15-11)5-6-16/h3-4,7-8,16H,5-6H2,1-2H3,(H,14,15). The Morgan fingerprint density at radius 3 is 2.94 bits per heavy atom. The van der Waals surface area contributed by atoms with Crippen molar-refractivity contribution in [1.82, 2.24) is 9.97 Å². The summed E-state index contributed by atoms with van der Waals surface area (Å²) in [7, 11) is 1.65. The number of nitrogens with one attached hydrogen (secondary N) is 1. The Kier molecular flexibility index (Phi) is 3.44. The molecule has 2 aromatic rings. The van der Waals surface area contributed by atoms with Crippen LogP contribution in [0.2, 0.25) is 0 Å². The summed E-state index contributed by atoms with van der Waals surface area (Å²) in [5, 5.41) is 8.86. The molecule has 2 rings (SSSR count). The van der Waals surface area contributed by atoms with Gasteiger partial charge >= 0.3 is 0 Å².